The maximum atomic E-state index is 12.8. The highest BCUT2D eigenvalue weighted by molar-refractivity contribution is 7.18. The van der Waals surface area contributed by atoms with Crippen molar-refractivity contribution >= 4 is 27.5 Å². The normalized spacial score (nSPS) is 18.2. The van der Waals surface area contributed by atoms with Crippen LogP contribution in [-0.4, -0.2) is 31.9 Å². The van der Waals surface area contributed by atoms with Gasteiger partial charge in [0.05, 0.1) is 22.6 Å². The van der Waals surface area contributed by atoms with E-state index in [0.29, 0.717) is 13.0 Å². The van der Waals surface area contributed by atoms with E-state index in [-0.39, 0.29) is 11.9 Å². The monoisotopic (exact) mass is 340 g/mol. The second kappa shape index (κ2) is 6.73. The molecule has 124 valence electrons. The van der Waals surface area contributed by atoms with Crippen molar-refractivity contribution in [3.05, 3.63) is 48.0 Å². The highest BCUT2D eigenvalue weighted by Gasteiger charge is 2.29. The summed E-state index contributed by atoms with van der Waals surface area (Å²) in [4.78, 5) is 23.6. The fourth-order valence-corrected chi connectivity index (χ4v) is 4.42. The van der Waals surface area contributed by atoms with E-state index < -0.39 is 0 Å². The molecule has 24 heavy (non-hydrogen) atoms. The third kappa shape index (κ3) is 3.06. The summed E-state index contributed by atoms with van der Waals surface area (Å²) in [7, 11) is 0. The van der Waals surface area contributed by atoms with Crippen LogP contribution >= 0.6 is 11.3 Å². The highest BCUT2D eigenvalue weighted by Crippen LogP contribution is 2.35. The van der Waals surface area contributed by atoms with E-state index in [1.807, 2.05) is 33.9 Å². The number of carbonyl (C=O) groups excluding carboxylic acids is 1. The van der Waals surface area contributed by atoms with Gasteiger partial charge in [0.25, 0.3) is 0 Å². The highest BCUT2D eigenvalue weighted by atomic mass is 32.1. The lowest BCUT2D eigenvalue weighted by Gasteiger charge is -2.34. The molecule has 1 atom stereocenters. The third-order valence-corrected chi connectivity index (χ3v) is 5.70. The molecule has 4 rings (SSSR count). The number of aryl methyl sites for hydroxylation is 1. The summed E-state index contributed by atoms with van der Waals surface area (Å²) in [6, 6.07) is 8.33. The van der Waals surface area contributed by atoms with Crippen LogP contribution in [0.2, 0.25) is 0 Å². The lowest BCUT2D eigenvalue weighted by Crippen LogP contribution is -2.38. The molecule has 1 amide bonds. The van der Waals surface area contributed by atoms with Crippen LogP contribution in [0.15, 0.2) is 43.0 Å². The number of benzene rings is 1. The molecule has 0 unspecified atom stereocenters. The Labute approximate surface area is 145 Å². The molecule has 0 bridgehead atoms. The van der Waals surface area contributed by atoms with Crippen molar-refractivity contribution in [2.24, 2.45) is 0 Å². The van der Waals surface area contributed by atoms with Gasteiger partial charge in [-0.2, -0.15) is 0 Å². The molecule has 0 radical (unpaired) electrons. The number of likely N-dealkylation sites (tertiary alicyclic amines) is 1. The largest absolute Gasteiger partial charge is 0.337 e. The second-order valence-corrected chi connectivity index (χ2v) is 7.23. The molecule has 0 aliphatic carbocycles. The molecule has 2 aromatic heterocycles. The van der Waals surface area contributed by atoms with E-state index in [1.165, 1.54) is 4.70 Å². The topological polar surface area (TPSA) is 51.0 Å². The molecule has 6 heteroatoms. The Balaban J connectivity index is 1.52. The minimum atomic E-state index is 0.131. The van der Waals surface area contributed by atoms with E-state index in [1.54, 1.807) is 23.9 Å². The standard InChI is InChI=1S/C18H20N4OS/c23-17(8-11-21-12-9-19-13-21)22-10-4-3-6-15(22)18-20-14-5-1-2-7-16(14)24-18/h1-2,5,7,9,12-13,15H,3-4,6,8,10-11H2/t15-/m1/s1. The SMILES string of the molecule is O=C(CCn1ccnc1)N1CCCC[C@@H]1c1nc2ccccc2s1. The number of imidazole rings is 1. The number of para-hydroxylation sites is 1. The van der Waals surface area contributed by atoms with Crippen LogP contribution in [0.1, 0.15) is 36.7 Å². The van der Waals surface area contributed by atoms with Crippen LogP contribution in [0.3, 0.4) is 0 Å². The average molecular weight is 340 g/mol. The van der Waals surface area contributed by atoms with Gasteiger partial charge in [0.15, 0.2) is 0 Å². The van der Waals surface area contributed by atoms with Gasteiger partial charge in [-0.25, -0.2) is 9.97 Å². The maximum Gasteiger partial charge on any atom is 0.224 e. The zero-order chi connectivity index (χ0) is 16.4. The van der Waals surface area contributed by atoms with Crippen molar-refractivity contribution in [1.82, 2.24) is 19.4 Å². The van der Waals surface area contributed by atoms with Gasteiger partial charge < -0.3 is 9.47 Å². The number of aromatic nitrogens is 3. The Bertz CT molecular complexity index is 794. The van der Waals surface area contributed by atoms with Gasteiger partial charge in [0.1, 0.15) is 5.01 Å². The number of piperidine rings is 1. The average Bonchev–Trinajstić information content (AvgIpc) is 3.29. The number of fused-ring (bicyclic) bond motifs is 1. The van der Waals surface area contributed by atoms with Gasteiger partial charge in [0.2, 0.25) is 5.91 Å². The van der Waals surface area contributed by atoms with Gasteiger partial charge in [-0.15, -0.1) is 11.3 Å². The summed E-state index contributed by atoms with van der Waals surface area (Å²) >= 11 is 1.72. The number of nitrogens with zero attached hydrogens (tertiary/aromatic N) is 4. The van der Waals surface area contributed by atoms with Crippen LogP contribution in [0.4, 0.5) is 0 Å². The lowest BCUT2D eigenvalue weighted by atomic mass is 10.0. The second-order valence-electron chi connectivity index (χ2n) is 6.17. The van der Waals surface area contributed by atoms with E-state index >= 15 is 0 Å². The van der Waals surface area contributed by atoms with E-state index in [0.717, 1.165) is 36.3 Å². The molecule has 3 aromatic rings. The van der Waals surface area contributed by atoms with Gasteiger partial charge in [0, 0.05) is 31.9 Å². The molecule has 0 spiro atoms. The first-order valence-corrected chi connectivity index (χ1v) is 9.23. The van der Waals surface area contributed by atoms with Gasteiger partial charge >= 0.3 is 0 Å². The first-order valence-electron chi connectivity index (χ1n) is 8.42. The van der Waals surface area contributed by atoms with E-state index in [9.17, 15) is 4.79 Å². The number of thiazole rings is 1. The summed E-state index contributed by atoms with van der Waals surface area (Å²) in [5.41, 5.74) is 1.04. The van der Waals surface area contributed by atoms with Crippen LogP contribution < -0.4 is 0 Å². The van der Waals surface area contributed by atoms with E-state index in [2.05, 4.69) is 11.1 Å². The Morgan fingerprint density at radius 1 is 1.29 bits per heavy atom. The van der Waals surface area contributed by atoms with Crippen LogP contribution in [0.25, 0.3) is 10.2 Å². The van der Waals surface area contributed by atoms with Crippen molar-refractivity contribution < 1.29 is 4.79 Å². The first-order chi connectivity index (χ1) is 11.8. The molecule has 0 N–H and O–H groups in total. The van der Waals surface area contributed by atoms with Crippen molar-refractivity contribution in [3.8, 4) is 0 Å². The molecule has 1 fully saturated rings. The molecule has 5 nitrogen and oxygen atoms in total. The minimum absolute atomic E-state index is 0.131. The Morgan fingerprint density at radius 3 is 3.04 bits per heavy atom. The summed E-state index contributed by atoms with van der Waals surface area (Å²) in [5, 5.41) is 1.08. The molecule has 1 aliphatic heterocycles. The van der Waals surface area contributed by atoms with Crippen LogP contribution in [-0.2, 0) is 11.3 Å². The van der Waals surface area contributed by atoms with Crippen LogP contribution in [0, 0.1) is 0 Å². The number of hydrogen-bond donors (Lipinski definition) is 0. The predicted octanol–water partition coefficient (Wildman–Crippen LogP) is 3.64. The minimum Gasteiger partial charge on any atom is -0.337 e. The lowest BCUT2D eigenvalue weighted by molar-refractivity contribution is -0.135. The zero-order valence-corrected chi connectivity index (χ0v) is 14.3. The summed E-state index contributed by atoms with van der Waals surface area (Å²) < 4.78 is 3.15. The van der Waals surface area contributed by atoms with Crippen molar-refractivity contribution in [2.75, 3.05) is 6.54 Å². The summed E-state index contributed by atoms with van der Waals surface area (Å²) in [6.45, 7) is 1.52. The molecule has 3 heterocycles. The zero-order valence-electron chi connectivity index (χ0n) is 13.5. The smallest absolute Gasteiger partial charge is 0.224 e. The van der Waals surface area contributed by atoms with E-state index in [4.69, 9.17) is 4.98 Å². The first kappa shape index (κ1) is 15.3. The molecule has 1 saturated heterocycles. The Kier molecular flexibility index (Phi) is 4.30. The number of rotatable bonds is 4. The predicted molar refractivity (Wildman–Crippen MR) is 94.8 cm³/mol. The Morgan fingerprint density at radius 2 is 2.21 bits per heavy atom. The van der Waals surface area contributed by atoms with Crippen LogP contribution in [0.5, 0.6) is 0 Å². The maximum absolute atomic E-state index is 12.8. The number of hydrogen-bond acceptors (Lipinski definition) is 4. The quantitative estimate of drug-likeness (QED) is 0.728. The van der Waals surface area contributed by atoms with Gasteiger partial charge in [-0.3, -0.25) is 4.79 Å². The van der Waals surface area contributed by atoms with Crippen molar-refractivity contribution in [2.45, 2.75) is 38.3 Å². The fourth-order valence-electron chi connectivity index (χ4n) is 3.31. The molecule has 1 aromatic carbocycles. The summed E-state index contributed by atoms with van der Waals surface area (Å²) in [6.07, 6.45) is 9.16. The number of carbonyl (C=O) groups is 1. The number of amides is 1. The third-order valence-electron chi connectivity index (χ3n) is 4.56. The van der Waals surface area contributed by atoms with Crippen molar-refractivity contribution in [1.29, 1.82) is 0 Å². The summed E-state index contributed by atoms with van der Waals surface area (Å²) in [5.74, 6) is 0.215. The fraction of sp³-hybridized carbons (Fsp3) is 0.389. The van der Waals surface area contributed by atoms with Gasteiger partial charge in [-0.1, -0.05) is 12.1 Å². The molecular weight excluding hydrogens is 320 g/mol. The van der Waals surface area contributed by atoms with Gasteiger partial charge in [-0.05, 0) is 31.4 Å². The van der Waals surface area contributed by atoms with Crippen molar-refractivity contribution in [3.63, 3.8) is 0 Å². The molecule has 0 saturated carbocycles. The Hall–Kier alpha value is -2.21. The molecule has 1 aliphatic rings. The molecular formula is C18H20N4OS.